The van der Waals surface area contributed by atoms with Crippen LogP contribution in [0.1, 0.15) is 43.9 Å². The molecule has 2 aliphatic carbocycles. The van der Waals surface area contributed by atoms with Crippen LogP contribution in [0.4, 0.5) is 0 Å². The first-order valence-corrected chi connectivity index (χ1v) is 8.43. The smallest absolute Gasteiger partial charge is 1.00 e. The average Bonchev–Trinajstić information content (AvgIpc) is 2.78. The van der Waals surface area contributed by atoms with Crippen molar-refractivity contribution in [2.24, 2.45) is 5.41 Å². The van der Waals surface area contributed by atoms with E-state index < -0.39 is 23.2 Å². The SMILES string of the molecule is CC1=C(C)C(C)(C)[C]([Zr][C]2=CC=CC2)=C1C.[H-].[H-]. The molecule has 0 aliphatic heterocycles. The van der Waals surface area contributed by atoms with Crippen LogP contribution in [0.2, 0.25) is 0 Å². The molecule has 0 saturated carbocycles. The van der Waals surface area contributed by atoms with Gasteiger partial charge in [0.2, 0.25) is 0 Å². The maximum Gasteiger partial charge on any atom is -1.00 e. The zero-order valence-electron chi connectivity index (χ0n) is 12.9. The summed E-state index contributed by atoms with van der Waals surface area (Å²) in [4.78, 5) is 0. The van der Waals surface area contributed by atoms with Gasteiger partial charge in [-0.25, -0.2) is 0 Å². The third-order valence-corrected chi connectivity index (χ3v) is 8.89. The van der Waals surface area contributed by atoms with E-state index in [0.29, 0.717) is 5.41 Å². The Kier molecular flexibility index (Phi) is 3.28. The van der Waals surface area contributed by atoms with Crippen LogP contribution in [0.15, 0.2) is 41.5 Å². The van der Waals surface area contributed by atoms with Crippen LogP contribution in [0.3, 0.4) is 0 Å². The van der Waals surface area contributed by atoms with Crippen molar-refractivity contribution in [3.8, 4) is 0 Å². The molecule has 0 spiro atoms. The first kappa shape index (κ1) is 12.3. The van der Waals surface area contributed by atoms with E-state index >= 15 is 0 Å². The van der Waals surface area contributed by atoms with Gasteiger partial charge in [0.05, 0.1) is 0 Å². The van der Waals surface area contributed by atoms with Crippen molar-refractivity contribution in [3.63, 3.8) is 0 Å². The van der Waals surface area contributed by atoms with Gasteiger partial charge in [0, 0.05) is 0 Å². The Balaban J connectivity index is 0.00000144. The van der Waals surface area contributed by atoms with Crippen LogP contribution < -0.4 is 0 Å². The first-order chi connectivity index (χ1) is 7.44. The molecule has 0 unspecified atom stereocenters. The molecule has 2 aliphatic rings. The van der Waals surface area contributed by atoms with Crippen molar-refractivity contribution in [2.45, 2.75) is 41.0 Å². The Bertz CT molecular complexity index is 451. The monoisotopic (exact) mass is 292 g/mol. The molecular formula is C15H22Zr-2. The second-order valence-electron chi connectivity index (χ2n) is 5.32. The number of hydrogen-bond donors (Lipinski definition) is 0. The average molecular weight is 294 g/mol. The van der Waals surface area contributed by atoms with E-state index in [9.17, 15) is 0 Å². The minimum absolute atomic E-state index is 0. The van der Waals surface area contributed by atoms with Crippen LogP contribution in [0.25, 0.3) is 0 Å². The fourth-order valence-electron chi connectivity index (χ4n) is 2.54. The molecule has 0 atom stereocenters. The Morgan fingerprint density at radius 1 is 1.19 bits per heavy atom. The van der Waals surface area contributed by atoms with Gasteiger partial charge < -0.3 is 2.85 Å². The Hall–Kier alpha value is -0.157. The molecule has 0 nitrogen and oxygen atoms in total. The van der Waals surface area contributed by atoms with E-state index in [1.807, 2.05) is 0 Å². The molecule has 0 bridgehead atoms. The normalized spacial score (nSPS) is 23.2. The second kappa shape index (κ2) is 4.26. The summed E-state index contributed by atoms with van der Waals surface area (Å²) in [6.07, 6.45) is 8.09. The van der Waals surface area contributed by atoms with Crippen molar-refractivity contribution in [1.82, 2.24) is 0 Å². The van der Waals surface area contributed by atoms with Gasteiger partial charge in [0.25, 0.3) is 0 Å². The number of rotatable bonds is 2. The molecule has 0 N–H and O–H groups in total. The Morgan fingerprint density at radius 2 is 1.88 bits per heavy atom. The Labute approximate surface area is 114 Å². The van der Waals surface area contributed by atoms with Gasteiger partial charge in [-0.1, -0.05) is 0 Å². The van der Waals surface area contributed by atoms with E-state index in [-0.39, 0.29) is 2.85 Å². The molecule has 0 fully saturated rings. The minimum atomic E-state index is -0.521. The van der Waals surface area contributed by atoms with Crippen LogP contribution in [0.5, 0.6) is 0 Å². The summed E-state index contributed by atoms with van der Waals surface area (Å²) in [6.45, 7) is 11.7. The van der Waals surface area contributed by atoms with Crippen molar-refractivity contribution >= 4 is 0 Å². The summed E-state index contributed by atoms with van der Waals surface area (Å²) in [5.41, 5.74) is 5.07. The van der Waals surface area contributed by atoms with Gasteiger partial charge in [-0.05, 0) is 0 Å². The van der Waals surface area contributed by atoms with E-state index in [1.165, 1.54) is 6.42 Å². The standard InChI is InChI=1S/C10H15.C5H5.Zr.2H/c1-7-6-10(4,5)9(3)8(7)2;1-2-4-5-3-1;;;/h1-5H3;1-3H,4H2;;;/q;;;2*-1. The molecule has 0 saturated heterocycles. The molecule has 0 amide bonds. The van der Waals surface area contributed by atoms with E-state index in [2.05, 4.69) is 52.8 Å². The summed E-state index contributed by atoms with van der Waals surface area (Å²) >= 11 is -0.521. The van der Waals surface area contributed by atoms with Gasteiger partial charge in [-0.15, -0.1) is 0 Å². The topological polar surface area (TPSA) is 0 Å². The van der Waals surface area contributed by atoms with E-state index in [0.717, 1.165) is 0 Å². The third-order valence-electron chi connectivity index (χ3n) is 4.12. The summed E-state index contributed by atoms with van der Waals surface area (Å²) in [6, 6.07) is 0. The van der Waals surface area contributed by atoms with Gasteiger partial charge >= 0.3 is 111 Å². The van der Waals surface area contributed by atoms with Crippen molar-refractivity contribution in [3.05, 3.63) is 41.5 Å². The van der Waals surface area contributed by atoms with Crippen LogP contribution in [-0.4, -0.2) is 0 Å². The molecule has 0 aromatic carbocycles. The van der Waals surface area contributed by atoms with Gasteiger partial charge in [0.15, 0.2) is 0 Å². The quantitative estimate of drug-likeness (QED) is 0.687. The second-order valence-corrected chi connectivity index (χ2v) is 8.75. The fraction of sp³-hybridized carbons (Fsp3) is 0.467. The van der Waals surface area contributed by atoms with Gasteiger partial charge in [0.1, 0.15) is 0 Å². The molecule has 1 heteroatoms. The van der Waals surface area contributed by atoms with Crippen molar-refractivity contribution in [2.75, 3.05) is 0 Å². The zero-order chi connectivity index (χ0) is 11.9. The summed E-state index contributed by atoms with van der Waals surface area (Å²) in [5, 5.41) is 0. The molecular weight excluding hydrogens is 271 g/mol. The summed E-state index contributed by atoms with van der Waals surface area (Å²) in [7, 11) is 0. The zero-order valence-corrected chi connectivity index (χ0v) is 13.4. The predicted octanol–water partition coefficient (Wildman–Crippen LogP) is 4.79. The van der Waals surface area contributed by atoms with Crippen LogP contribution in [-0.2, 0) is 23.2 Å². The van der Waals surface area contributed by atoms with Crippen molar-refractivity contribution < 1.29 is 26.1 Å². The molecule has 0 heterocycles. The third kappa shape index (κ3) is 1.88. The fourth-order valence-corrected chi connectivity index (χ4v) is 6.47. The summed E-state index contributed by atoms with van der Waals surface area (Å²) in [5.74, 6) is 0. The predicted molar refractivity (Wildman–Crippen MR) is 68.9 cm³/mol. The van der Waals surface area contributed by atoms with Gasteiger partial charge in [-0.3, -0.25) is 0 Å². The maximum absolute atomic E-state index is 2.40. The van der Waals surface area contributed by atoms with E-state index in [1.54, 1.807) is 23.3 Å². The van der Waals surface area contributed by atoms with Crippen molar-refractivity contribution in [1.29, 1.82) is 0 Å². The largest absolute Gasteiger partial charge is 1.00 e. The number of hydrogen-bond acceptors (Lipinski definition) is 0. The molecule has 2 rings (SSSR count). The van der Waals surface area contributed by atoms with Crippen LogP contribution in [0, 0.1) is 5.41 Å². The molecule has 88 valence electrons. The molecule has 16 heavy (non-hydrogen) atoms. The van der Waals surface area contributed by atoms with Gasteiger partial charge in [-0.2, -0.15) is 0 Å². The maximum atomic E-state index is 2.40. The van der Waals surface area contributed by atoms with E-state index in [4.69, 9.17) is 0 Å². The molecule has 0 radical (unpaired) electrons. The molecule has 0 aromatic heterocycles. The molecule has 0 aromatic rings. The Morgan fingerprint density at radius 3 is 2.31 bits per heavy atom. The van der Waals surface area contributed by atoms with Crippen LogP contribution >= 0.6 is 0 Å². The number of allylic oxidation sites excluding steroid dienone is 8. The first-order valence-electron chi connectivity index (χ1n) is 5.97. The summed E-state index contributed by atoms with van der Waals surface area (Å²) < 4.78 is 3.52. The minimum Gasteiger partial charge on any atom is -1.00 e.